The minimum atomic E-state index is -1.03. The SMILES string of the molecule is C[C@H](NC(=O)CN1CCOCC1)C(=O)CC(Cc1ccc(OC(C)(C)C)cc1)C(=O)O. The molecule has 31 heavy (non-hydrogen) atoms. The molecule has 1 saturated heterocycles. The number of morpholine rings is 1. The van der Waals surface area contributed by atoms with E-state index in [2.05, 4.69) is 5.32 Å². The lowest BCUT2D eigenvalue weighted by Gasteiger charge is -2.26. The molecule has 8 heteroatoms. The van der Waals surface area contributed by atoms with E-state index in [0.29, 0.717) is 32.1 Å². The summed E-state index contributed by atoms with van der Waals surface area (Å²) in [6.45, 7) is 10.2. The third-order valence-corrected chi connectivity index (χ3v) is 4.96. The third-order valence-electron chi connectivity index (χ3n) is 4.96. The van der Waals surface area contributed by atoms with Gasteiger partial charge >= 0.3 is 5.97 Å². The number of nitrogens with zero attached hydrogens (tertiary/aromatic N) is 1. The summed E-state index contributed by atoms with van der Waals surface area (Å²) in [5.41, 5.74) is 0.491. The molecule has 1 amide bonds. The fraction of sp³-hybridized carbons (Fsp3) is 0.609. The predicted molar refractivity (Wildman–Crippen MR) is 116 cm³/mol. The van der Waals surface area contributed by atoms with Gasteiger partial charge in [-0.15, -0.1) is 0 Å². The number of ketones is 1. The monoisotopic (exact) mass is 434 g/mol. The van der Waals surface area contributed by atoms with Gasteiger partial charge in [-0.25, -0.2) is 0 Å². The Kier molecular flexibility index (Phi) is 9.00. The molecule has 2 N–H and O–H groups in total. The van der Waals surface area contributed by atoms with Crippen LogP contribution in [0, 0.1) is 5.92 Å². The molecule has 1 fully saturated rings. The summed E-state index contributed by atoms with van der Waals surface area (Å²) < 4.78 is 11.0. The number of aliphatic carboxylic acids is 1. The topological polar surface area (TPSA) is 105 Å². The van der Waals surface area contributed by atoms with Crippen molar-refractivity contribution < 1.29 is 29.0 Å². The lowest BCUT2D eigenvalue weighted by Crippen LogP contribution is -2.47. The number of hydrogen-bond donors (Lipinski definition) is 2. The molecule has 1 unspecified atom stereocenters. The number of carbonyl (C=O) groups is 3. The number of carbonyl (C=O) groups excluding carboxylic acids is 2. The predicted octanol–water partition coefficient (Wildman–Crippen LogP) is 1.90. The molecule has 2 atom stereocenters. The Labute approximate surface area is 183 Å². The molecule has 1 aliphatic rings. The van der Waals surface area contributed by atoms with Crippen molar-refractivity contribution in [3.63, 3.8) is 0 Å². The summed E-state index contributed by atoms with van der Waals surface area (Å²) in [6.07, 6.45) is 0.0832. The molecule has 0 aliphatic carbocycles. The summed E-state index contributed by atoms with van der Waals surface area (Å²) in [6, 6.07) is 6.49. The molecular formula is C23H34N2O6. The largest absolute Gasteiger partial charge is 0.488 e. The highest BCUT2D eigenvalue weighted by Crippen LogP contribution is 2.21. The molecule has 1 aromatic carbocycles. The van der Waals surface area contributed by atoms with Crippen molar-refractivity contribution in [2.24, 2.45) is 5.92 Å². The Morgan fingerprint density at radius 2 is 1.77 bits per heavy atom. The van der Waals surface area contributed by atoms with Gasteiger partial charge in [-0.1, -0.05) is 12.1 Å². The van der Waals surface area contributed by atoms with Gasteiger partial charge in [0.15, 0.2) is 5.78 Å². The lowest BCUT2D eigenvalue weighted by atomic mass is 9.92. The average molecular weight is 435 g/mol. The van der Waals surface area contributed by atoms with Crippen molar-refractivity contribution >= 4 is 17.7 Å². The summed E-state index contributed by atoms with van der Waals surface area (Å²) in [5, 5.41) is 12.3. The van der Waals surface area contributed by atoms with E-state index < -0.39 is 17.9 Å². The van der Waals surface area contributed by atoms with Gasteiger partial charge in [0.05, 0.1) is 31.7 Å². The first kappa shape index (κ1) is 24.8. The number of benzene rings is 1. The summed E-state index contributed by atoms with van der Waals surface area (Å²) in [5.74, 6) is -1.73. The van der Waals surface area contributed by atoms with Crippen molar-refractivity contribution in [3.05, 3.63) is 29.8 Å². The van der Waals surface area contributed by atoms with Crippen LogP contribution in [0.15, 0.2) is 24.3 Å². The fourth-order valence-corrected chi connectivity index (χ4v) is 3.33. The van der Waals surface area contributed by atoms with Gasteiger partial charge in [0.2, 0.25) is 5.91 Å². The van der Waals surface area contributed by atoms with Crippen LogP contribution in [0.2, 0.25) is 0 Å². The average Bonchev–Trinajstić information content (AvgIpc) is 2.68. The van der Waals surface area contributed by atoms with Crippen LogP contribution in [-0.2, 0) is 25.5 Å². The number of carboxylic acids is 1. The van der Waals surface area contributed by atoms with Crippen molar-refractivity contribution in [2.45, 2.75) is 52.2 Å². The lowest BCUT2D eigenvalue weighted by molar-refractivity contribution is -0.144. The van der Waals surface area contributed by atoms with Gasteiger partial charge in [0.25, 0.3) is 0 Å². The van der Waals surface area contributed by atoms with Gasteiger partial charge in [-0.3, -0.25) is 19.3 Å². The first-order chi connectivity index (χ1) is 14.5. The number of nitrogens with one attached hydrogen (secondary N) is 1. The van der Waals surface area contributed by atoms with Crippen LogP contribution in [-0.4, -0.2) is 72.2 Å². The summed E-state index contributed by atoms with van der Waals surface area (Å²) >= 11 is 0. The van der Waals surface area contributed by atoms with Crippen molar-refractivity contribution in [2.75, 3.05) is 32.8 Å². The molecule has 2 rings (SSSR count). The molecule has 0 spiro atoms. The normalized spacial score (nSPS) is 16.9. The van der Waals surface area contributed by atoms with Gasteiger partial charge in [-0.05, 0) is 51.8 Å². The minimum absolute atomic E-state index is 0.144. The standard InChI is InChI=1S/C23H34N2O6/c1-16(24-21(27)15-25-9-11-30-12-10-25)20(26)14-18(22(28)29)13-17-5-7-19(8-6-17)31-23(2,3)4/h5-8,16,18H,9-15H2,1-4H3,(H,24,27)(H,28,29)/t16-,18?/m0/s1. The molecule has 172 valence electrons. The third kappa shape index (κ3) is 9.06. The van der Waals surface area contributed by atoms with Gasteiger partial charge in [0, 0.05) is 19.5 Å². The first-order valence-corrected chi connectivity index (χ1v) is 10.7. The van der Waals surface area contributed by atoms with Crippen LogP contribution in [0.5, 0.6) is 5.75 Å². The maximum atomic E-state index is 12.6. The molecule has 0 saturated carbocycles. The number of Topliss-reactive ketones (excluding diaryl/α,β-unsaturated/α-hetero) is 1. The zero-order chi connectivity index (χ0) is 23.0. The first-order valence-electron chi connectivity index (χ1n) is 10.7. The maximum Gasteiger partial charge on any atom is 0.307 e. The fourth-order valence-electron chi connectivity index (χ4n) is 3.33. The van der Waals surface area contributed by atoms with Crippen molar-refractivity contribution in [3.8, 4) is 5.75 Å². The molecule has 1 aliphatic heterocycles. The van der Waals surface area contributed by atoms with E-state index in [0.717, 1.165) is 5.56 Å². The summed E-state index contributed by atoms with van der Waals surface area (Å²) in [7, 11) is 0. The highest BCUT2D eigenvalue weighted by molar-refractivity contribution is 5.91. The molecule has 0 bridgehead atoms. The van der Waals surface area contributed by atoms with Gasteiger partial charge in [0.1, 0.15) is 11.4 Å². The Bertz CT molecular complexity index is 750. The zero-order valence-electron chi connectivity index (χ0n) is 18.8. The number of hydrogen-bond acceptors (Lipinski definition) is 6. The molecule has 1 heterocycles. The van der Waals surface area contributed by atoms with Gasteiger partial charge < -0.3 is 19.9 Å². The number of carboxylic acid groups (broad SMARTS) is 1. The van der Waals surface area contributed by atoms with Crippen LogP contribution < -0.4 is 10.1 Å². The Morgan fingerprint density at radius 1 is 1.16 bits per heavy atom. The summed E-state index contributed by atoms with van der Waals surface area (Å²) in [4.78, 5) is 38.4. The molecule has 0 aromatic heterocycles. The zero-order valence-corrected chi connectivity index (χ0v) is 18.8. The Morgan fingerprint density at radius 3 is 2.32 bits per heavy atom. The number of ether oxygens (including phenoxy) is 2. The van der Waals surface area contributed by atoms with Crippen LogP contribution in [0.1, 0.15) is 39.7 Å². The quantitative estimate of drug-likeness (QED) is 0.579. The van der Waals surface area contributed by atoms with Crippen molar-refractivity contribution in [1.29, 1.82) is 0 Å². The molecule has 1 aromatic rings. The second kappa shape index (κ2) is 11.2. The van der Waals surface area contributed by atoms with E-state index in [9.17, 15) is 19.5 Å². The van der Waals surface area contributed by atoms with E-state index in [1.807, 2.05) is 37.8 Å². The molecule has 0 radical (unpaired) electrons. The minimum Gasteiger partial charge on any atom is -0.488 e. The van der Waals surface area contributed by atoms with Crippen LogP contribution in [0.4, 0.5) is 0 Å². The molecular weight excluding hydrogens is 400 g/mol. The van der Waals surface area contributed by atoms with Gasteiger partial charge in [-0.2, -0.15) is 0 Å². The Hall–Kier alpha value is -2.45. The highest BCUT2D eigenvalue weighted by atomic mass is 16.5. The van der Waals surface area contributed by atoms with Crippen molar-refractivity contribution in [1.82, 2.24) is 10.2 Å². The van der Waals surface area contributed by atoms with E-state index in [4.69, 9.17) is 9.47 Å². The maximum absolute atomic E-state index is 12.6. The highest BCUT2D eigenvalue weighted by Gasteiger charge is 2.26. The smallest absolute Gasteiger partial charge is 0.307 e. The van der Waals surface area contributed by atoms with Crippen LogP contribution in [0.3, 0.4) is 0 Å². The van der Waals surface area contributed by atoms with Crippen LogP contribution in [0.25, 0.3) is 0 Å². The second-order valence-electron chi connectivity index (χ2n) is 8.95. The van der Waals surface area contributed by atoms with Crippen LogP contribution >= 0.6 is 0 Å². The van der Waals surface area contributed by atoms with E-state index in [1.54, 1.807) is 19.1 Å². The molecule has 8 nitrogen and oxygen atoms in total. The Balaban J connectivity index is 1.87. The number of rotatable bonds is 10. The van der Waals surface area contributed by atoms with E-state index in [-0.39, 0.29) is 36.7 Å². The second-order valence-corrected chi connectivity index (χ2v) is 8.95. The van der Waals surface area contributed by atoms with E-state index >= 15 is 0 Å². The van der Waals surface area contributed by atoms with E-state index in [1.165, 1.54) is 0 Å². The number of amides is 1.